The minimum Gasteiger partial charge on any atom is -0.439 e. The summed E-state index contributed by atoms with van der Waals surface area (Å²) >= 11 is 0. The SMILES string of the molecule is O=C(/C=C/c1ccccc1F)OCn1nnc2ccccc2c1=O. The van der Waals surface area contributed by atoms with Gasteiger partial charge in [0.25, 0.3) is 5.56 Å². The van der Waals surface area contributed by atoms with Crippen molar-refractivity contribution >= 4 is 22.9 Å². The van der Waals surface area contributed by atoms with Crippen molar-refractivity contribution in [3.63, 3.8) is 0 Å². The monoisotopic (exact) mass is 325 g/mol. The molecule has 0 amide bonds. The van der Waals surface area contributed by atoms with E-state index >= 15 is 0 Å². The molecule has 0 aliphatic rings. The van der Waals surface area contributed by atoms with Gasteiger partial charge in [-0.25, -0.2) is 9.18 Å². The average molecular weight is 325 g/mol. The van der Waals surface area contributed by atoms with Crippen molar-refractivity contribution in [2.24, 2.45) is 0 Å². The molecule has 0 aliphatic carbocycles. The number of hydrogen-bond acceptors (Lipinski definition) is 5. The van der Waals surface area contributed by atoms with Gasteiger partial charge in [-0.1, -0.05) is 35.5 Å². The van der Waals surface area contributed by atoms with Crippen molar-refractivity contribution in [2.45, 2.75) is 6.73 Å². The molecular formula is C17H12FN3O3. The molecule has 6 nitrogen and oxygen atoms in total. The van der Waals surface area contributed by atoms with E-state index in [1.54, 1.807) is 36.4 Å². The lowest BCUT2D eigenvalue weighted by Crippen LogP contribution is -2.26. The highest BCUT2D eigenvalue weighted by Gasteiger charge is 2.06. The van der Waals surface area contributed by atoms with Gasteiger partial charge in [0, 0.05) is 11.6 Å². The number of hydrogen-bond donors (Lipinski definition) is 0. The first kappa shape index (κ1) is 15.5. The molecule has 120 valence electrons. The lowest BCUT2D eigenvalue weighted by Gasteiger charge is -2.04. The van der Waals surface area contributed by atoms with Crippen molar-refractivity contribution in [1.29, 1.82) is 0 Å². The second-order valence-electron chi connectivity index (χ2n) is 4.86. The number of rotatable bonds is 4. The Morgan fingerprint density at radius 1 is 1.17 bits per heavy atom. The molecule has 0 atom stereocenters. The third-order valence-electron chi connectivity index (χ3n) is 3.26. The number of esters is 1. The zero-order chi connectivity index (χ0) is 16.9. The zero-order valence-electron chi connectivity index (χ0n) is 12.4. The molecule has 0 N–H and O–H groups in total. The highest BCUT2D eigenvalue weighted by atomic mass is 19.1. The molecule has 0 unspecified atom stereocenters. The van der Waals surface area contributed by atoms with Crippen LogP contribution in [0.5, 0.6) is 0 Å². The van der Waals surface area contributed by atoms with Crippen LogP contribution in [0.25, 0.3) is 17.0 Å². The first-order valence-corrected chi connectivity index (χ1v) is 7.07. The van der Waals surface area contributed by atoms with Gasteiger partial charge in [0.2, 0.25) is 0 Å². The van der Waals surface area contributed by atoms with E-state index in [0.29, 0.717) is 10.9 Å². The molecular weight excluding hydrogens is 313 g/mol. The molecule has 24 heavy (non-hydrogen) atoms. The standard InChI is InChI=1S/C17H12FN3O3/c18-14-7-3-1-5-12(14)9-10-16(22)24-11-21-17(23)13-6-2-4-8-15(13)19-20-21/h1-10H,11H2/b10-9+. The van der Waals surface area contributed by atoms with Crippen molar-refractivity contribution in [3.8, 4) is 0 Å². The molecule has 2 aromatic carbocycles. The van der Waals surface area contributed by atoms with Gasteiger partial charge < -0.3 is 4.74 Å². The fraction of sp³-hybridized carbons (Fsp3) is 0.0588. The van der Waals surface area contributed by atoms with E-state index in [9.17, 15) is 14.0 Å². The average Bonchev–Trinajstić information content (AvgIpc) is 2.61. The summed E-state index contributed by atoms with van der Waals surface area (Å²) in [6.07, 6.45) is 2.38. The van der Waals surface area contributed by atoms with Gasteiger partial charge in [-0.3, -0.25) is 4.79 Å². The van der Waals surface area contributed by atoms with Gasteiger partial charge in [-0.05, 0) is 24.3 Å². The van der Waals surface area contributed by atoms with Crippen LogP contribution in [0.15, 0.2) is 59.4 Å². The Hall–Kier alpha value is -3.35. The molecule has 3 aromatic rings. The maximum Gasteiger partial charge on any atom is 0.332 e. The maximum atomic E-state index is 13.4. The summed E-state index contributed by atoms with van der Waals surface area (Å²) in [6, 6.07) is 12.7. The minimum atomic E-state index is -0.722. The summed E-state index contributed by atoms with van der Waals surface area (Å²) in [5, 5.41) is 7.96. The Balaban J connectivity index is 1.70. The van der Waals surface area contributed by atoms with Crippen LogP contribution in [0.2, 0.25) is 0 Å². The van der Waals surface area contributed by atoms with E-state index in [-0.39, 0.29) is 12.3 Å². The molecule has 0 aliphatic heterocycles. The molecule has 0 bridgehead atoms. The quantitative estimate of drug-likeness (QED) is 0.543. The minimum absolute atomic E-state index is 0.261. The van der Waals surface area contributed by atoms with E-state index in [4.69, 9.17) is 4.74 Å². The fourth-order valence-corrected chi connectivity index (χ4v) is 2.05. The predicted octanol–water partition coefficient (Wildman–Crippen LogP) is 2.14. The molecule has 7 heteroatoms. The zero-order valence-corrected chi connectivity index (χ0v) is 12.4. The van der Waals surface area contributed by atoms with Gasteiger partial charge in [-0.15, -0.1) is 5.10 Å². The summed E-state index contributed by atoms with van der Waals surface area (Å²) in [4.78, 5) is 23.8. The van der Waals surface area contributed by atoms with Gasteiger partial charge in [0.1, 0.15) is 11.3 Å². The van der Waals surface area contributed by atoms with Crippen LogP contribution in [0.4, 0.5) is 4.39 Å². The van der Waals surface area contributed by atoms with Crippen LogP contribution in [0.1, 0.15) is 5.56 Å². The van der Waals surface area contributed by atoms with E-state index in [1.165, 1.54) is 18.2 Å². The summed E-state index contributed by atoms with van der Waals surface area (Å²) in [5.74, 6) is -1.17. The smallest absolute Gasteiger partial charge is 0.332 e. The van der Waals surface area contributed by atoms with E-state index in [0.717, 1.165) is 10.8 Å². The number of ether oxygens (including phenoxy) is 1. The number of carbonyl (C=O) groups is 1. The Bertz CT molecular complexity index is 982. The van der Waals surface area contributed by atoms with Gasteiger partial charge in [0.05, 0.1) is 5.39 Å². The van der Waals surface area contributed by atoms with Crippen LogP contribution in [-0.2, 0) is 16.3 Å². The number of fused-ring (bicyclic) bond motifs is 1. The first-order valence-electron chi connectivity index (χ1n) is 7.07. The van der Waals surface area contributed by atoms with Gasteiger partial charge >= 0.3 is 5.97 Å². The molecule has 3 rings (SSSR count). The van der Waals surface area contributed by atoms with E-state index in [2.05, 4.69) is 10.3 Å². The first-order chi connectivity index (χ1) is 11.6. The summed E-state index contributed by atoms with van der Waals surface area (Å²) < 4.78 is 19.3. The highest BCUT2D eigenvalue weighted by Crippen LogP contribution is 2.08. The Morgan fingerprint density at radius 3 is 2.75 bits per heavy atom. The molecule has 1 aromatic heterocycles. The van der Waals surface area contributed by atoms with Crippen LogP contribution in [0, 0.1) is 5.82 Å². The Kier molecular flexibility index (Phi) is 4.42. The third kappa shape index (κ3) is 3.35. The van der Waals surface area contributed by atoms with Gasteiger partial charge in [-0.2, -0.15) is 4.68 Å². The number of nitrogens with zero attached hydrogens (tertiary/aromatic N) is 3. The molecule has 0 saturated carbocycles. The van der Waals surface area contributed by atoms with E-state index < -0.39 is 17.3 Å². The largest absolute Gasteiger partial charge is 0.439 e. The topological polar surface area (TPSA) is 74.1 Å². The molecule has 1 heterocycles. The summed E-state index contributed by atoms with van der Waals surface area (Å²) in [7, 11) is 0. The van der Waals surface area contributed by atoms with Crippen LogP contribution >= 0.6 is 0 Å². The second-order valence-corrected chi connectivity index (χ2v) is 4.86. The Labute approximate surface area is 135 Å². The normalized spacial score (nSPS) is 11.0. The van der Waals surface area contributed by atoms with Crippen LogP contribution < -0.4 is 5.56 Å². The lowest BCUT2D eigenvalue weighted by molar-refractivity contribution is -0.141. The van der Waals surface area contributed by atoms with Crippen molar-refractivity contribution < 1.29 is 13.9 Å². The number of halogens is 1. The molecule has 0 saturated heterocycles. The van der Waals surface area contributed by atoms with Crippen LogP contribution in [-0.4, -0.2) is 21.0 Å². The van der Waals surface area contributed by atoms with Crippen LogP contribution in [0.3, 0.4) is 0 Å². The molecule has 0 spiro atoms. The Morgan fingerprint density at radius 2 is 1.92 bits per heavy atom. The molecule has 0 fully saturated rings. The lowest BCUT2D eigenvalue weighted by atomic mass is 10.2. The van der Waals surface area contributed by atoms with Crippen molar-refractivity contribution in [3.05, 3.63) is 76.3 Å². The fourth-order valence-electron chi connectivity index (χ4n) is 2.05. The number of benzene rings is 2. The predicted molar refractivity (Wildman–Crippen MR) is 85.3 cm³/mol. The van der Waals surface area contributed by atoms with Gasteiger partial charge in [0.15, 0.2) is 6.73 Å². The van der Waals surface area contributed by atoms with E-state index in [1.807, 2.05) is 0 Å². The van der Waals surface area contributed by atoms with Crippen molar-refractivity contribution in [2.75, 3.05) is 0 Å². The highest BCUT2D eigenvalue weighted by molar-refractivity contribution is 5.87. The number of aromatic nitrogens is 3. The summed E-state index contributed by atoms with van der Waals surface area (Å²) in [6.45, 7) is -0.378. The van der Waals surface area contributed by atoms with Crippen molar-refractivity contribution in [1.82, 2.24) is 15.0 Å². The summed E-state index contributed by atoms with van der Waals surface area (Å²) in [5.41, 5.74) is 0.313. The maximum absolute atomic E-state index is 13.4. The second kappa shape index (κ2) is 6.82. The third-order valence-corrected chi connectivity index (χ3v) is 3.26. The number of carbonyl (C=O) groups excluding carboxylic acids is 1. The molecule has 0 radical (unpaired) electrons.